The Bertz CT molecular complexity index is 393. The van der Waals surface area contributed by atoms with E-state index in [1.807, 2.05) is 7.05 Å². The highest BCUT2D eigenvalue weighted by Crippen LogP contribution is 2.38. The van der Waals surface area contributed by atoms with Crippen LogP contribution in [0.2, 0.25) is 0 Å². The van der Waals surface area contributed by atoms with E-state index in [1.54, 1.807) is 11.8 Å². The van der Waals surface area contributed by atoms with E-state index in [4.69, 9.17) is 0 Å². The van der Waals surface area contributed by atoms with Crippen molar-refractivity contribution >= 4 is 23.3 Å². The molecule has 1 fully saturated rings. The Morgan fingerprint density at radius 1 is 1.58 bits per heavy atom. The number of hydrogen-bond donors (Lipinski definition) is 2. The predicted molar refractivity (Wildman–Crippen MR) is 80.8 cm³/mol. The van der Waals surface area contributed by atoms with Gasteiger partial charge in [-0.05, 0) is 43.8 Å². The number of aryl methyl sites for hydroxylation is 1. The van der Waals surface area contributed by atoms with Gasteiger partial charge in [0.2, 0.25) is 0 Å². The molecule has 1 aliphatic rings. The average molecular weight is 301 g/mol. The van der Waals surface area contributed by atoms with Gasteiger partial charge in [0.15, 0.2) is 4.34 Å². The van der Waals surface area contributed by atoms with Gasteiger partial charge in [0.1, 0.15) is 5.82 Å². The topological polar surface area (TPSA) is 58.0 Å². The third kappa shape index (κ3) is 3.48. The SMILES string of the molecule is CCc1nsc(SCCC2CCCC2(CO)NC)n1. The minimum Gasteiger partial charge on any atom is -0.394 e. The fourth-order valence-electron chi connectivity index (χ4n) is 2.91. The number of aliphatic hydroxyl groups excluding tert-OH is 1. The Balaban J connectivity index is 1.81. The summed E-state index contributed by atoms with van der Waals surface area (Å²) in [5, 5.41) is 13.0. The fourth-order valence-corrected chi connectivity index (χ4v) is 4.73. The zero-order chi connectivity index (χ0) is 13.7. The van der Waals surface area contributed by atoms with E-state index in [0.717, 1.165) is 35.2 Å². The number of aromatic nitrogens is 2. The summed E-state index contributed by atoms with van der Waals surface area (Å²) in [6, 6.07) is 0. The molecule has 2 N–H and O–H groups in total. The van der Waals surface area contributed by atoms with Crippen LogP contribution in [0.3, 0.4) is 0 Å². The molecular formula is C13H23N3OS2. The summed E-state index contributed by atoms with van der Waals surface area (Å²) in [6.45, 7) is 2.33. The van der Waals surface area contributed by atoms with Crippen LogP contribution in [0.1, 0.15) is 38.4 Å². The van der Waals surface area contributed by atoms with Crippen molar-refractivity contribution in [3.63, 3.8) is 0 Å². The molecule has 1 aliphatic carbocycles. The van der Waals surface area contributed by atoms with Gasteiger partial charge in [-0.3, -0.25) is 0 Å². The van der Waals surface area contributed by atoms with Gasteiger partial charge >= 0.3 is 0 Å². The molecule has 1 aromatic heterocycles. The molecule has 0 spiro atoms. The smallest absolute Gasteiger partial charge is 0.170 e. The van der Waals surface area contributed by atoms with Gasteiger partial charge < -0.3 is 10.4 Å². The summed E-state index contributed by atoms with van der Waals surface area (Å²) < 4.78 is 5.38. The molecular weight excluding hydrogens is 278 g/mol. The van der Waals surface area contributed by atoms with Gasteiger partial charge in [-0.1, -0.05) is 25.1 Å². The summed E-state index contributed by atoms with van der Waals surface area (Å²) >= 11 is 3.31. The Morgan fingerprint density at radius 3 is 3.05 bits per heavy atom. The molecule has 4 nitrogen and oxygen atoms in total. The van der Waals surface area contributed by atoms with Gasteiger partial charge in [0, 0.05) is 17.7 Å². The van der Waals surface area contributed by atoms with Crippen LogP contribution < -0.4 is 5.32 Å². The van der Waals surface area contributed by atoms with Gasteiger partial charge in [0.05, 0.1) is 6.61 Å². The number of likely N-dealkylation sites (N-methyl/N-ethyl adjacent to an activating group) is 1. The van der Waals surface area contributed by atoms with Crippen LogP contribution >= 0.6 is 23.3 Å². The zero-order valence-corrected chi connectivity index (χ0v) is 13.3. The third-order valence-corrected chi connectivity index (χ3v) is 6.10. The average Bonchev–Trinajstić information content (AvgIpc) is 3.06. The van der Waals surface area contributed by atoms with Crippen molar-refractivity contribution in [3.8, 4) is 0 Å². The minimum absolute atomic E-state index is 0.0454. The van der Waals surface area contributed by atoms with Crippen LogP contribution in [0.25, 0.3) is 0 Å². The van der Waals surface area contributed by atoms with E-state index in [-0.39, 0.29) is 12.1 Å². The maximum atomic E-state index is 9.65. The Morgan fingerprint density at radius 2 is 2.42 bits per heavy atom. The third-order valence-electron chi connectivity index (χ3n) is 4.19. The summed E-state index contributed by atoms with van der Waals surface area (Å²) in [6.07, 6.45) is 5.57. The first kappa shape index (κ1) is 15.2. The van der Waals surface area contributed by atoms with Crippen molar-refractivity contribution in [1.29, 1.82) is 0 Å². The summed E-state index contributed by atoms with van der Waals surface area (Å²) in [5.41, 5.74) is -0.0454. The number of thioether (sulfide) groups is 1. The van der Waals surface area contributed by atoms with Crippen molar-refractivity contribution < 1.29 is 5.11 Å². The van der Waals surface area contributed by atoms with Gasteiger partial charge in [0.25, 0.3) is 0 Å². The normalized spacial score (nSPS) is 27.0. The lowest BCUT2D eigenvalue weighted by atomic mass is 9.86. The van der Waals surface area contributed by atoms with E-state index in [1.165, 1.54) is 24.4 Å². The highest BCUT2D eigenvalue weighted by atomic mass is 32.2. The number of nitrogens with zero attached hydrogens (tertiary/aromatic N) is 2. The molecule has 0 aromatic carbocycles. The molecule has 6 heteroatoms. The van der Waals surface area contributed by atoms with Crippen LogP contribution in [-0.4, -0.2) is 39.4 Å². The lowest BCUT2D eigenvalue weighted by molar-refractivity contribution is 0.130. The molecule has 1 heterocycles. The molecule has 108 valence electrons. The molecule has 0 bridgehead atoms. The monoisotopic (exact) mass is 301 g/mol. The van der Waals surface area contributed by atoms with Gasteiger partial charge in [-0.2, -0.15) is 4.37 Å². The maximum Gasteiger partial charge on any atom is 0.170 e. The van der Waals surface area contributed by atoms with Crippen LogP contribution in [-0.2, 0) is 6.42 Å². The van der Waals surface area contributed by atoms with E-state index >= 15 is 0 Å². The first-order valence-corrected chi connectivity index (χ1v) is 8.75. The summed E-state index contributed by atoms with van der Waals surface area (Å²) in [7, 11) is 1.97. The van der Waals surface area contributed by atoms with Crippen LogP contribution in [0.4, 0.5) is 0 Å². The molecule has 0 saturated heterocycles. The molecule has 0 radical (unpaired) electrons. The van der Waals surface area contributed by atoms with E-state index in [0.29, 0.717) is 5.92 Å². The largest absolute Gasteiger partial charge is 0.394 e. The molecule has 0 aliphatic heterocycles. The van der Waals surface area contributed by atoms with E-state index in [2.05, 4.69) is 21.6 Å². The first-order valence-electron chi connectivity index (χ1n) is 6.99. The molecule has 2 atom stereocenters. The fraction of sp³-hybridized carbons (Fsp3) is 0.846. The van der Waals surface area contributed by atoms with Crippen molar-refractivity contribution in [3.05, 3.63) is 5.82 Å². The van der Waals surface area contributed by atoms with E-state index in [9.17, 15) is 5.11 Å². The highest BCUT2D eigenvalue weighted by Gasteiger charge is 2.40. The van der Waals surface area contributed by atoms with Gasteiger partial charge in [-0.25, -0.2) is 4.98 Å². The number of hydrogen-bond acceptors (Lipinski definition) is 6. The molecule has 0 amide bonds. The molecule has 2 rings (SSSR count). The number of rotatable bonds is 7. The molecule has 2 unspecified atom stereocenters. The standard InChI is InChI=1S/C13H23N3OS2/c1-3-11-15-12(19-16-11)18-8-6-10-5-4-7-13(10,9-17)14-2/h10,14,17H,3-9H2,1-2H3. The number of aliphatic hydroxyl groups is 1. The highest BCUT2D eigenvalue weighted by molar-refractivity contribution is 8.00. The second-order valence-electron chi connectivity index (χ2n) is 5.12. The van der Waals surface area contributed by atoms with E-state index < -0.39 is 0 Å². The Labute approximate surface area is 123 Å². The summed E-state index contributed by atoms with van der Waals surface area (Å²) in [5.74, 6) is 2.59. The predicted octanol–water partition coefficient (Wildman–Crippen LogP) is 2.33. The minimum atomic E-state index is -0.0454. The summed E-state index contributed by atoms with van der Waals surface area (Å²) in [4.78, 5) is 4.47. The van der Waals surface area contributed by atoms with Crippen LogP contribution in [0.5, 0.6) is 0 Å². The van der Waals surface area contributed by atoms with Crippen molar-refractivity contribution in [2.75, 3.05) is 19.4 Å². The first-order chi connectivity index (χ1) is 9.24. The van der Waals surface area contributed by atoms with Crippen molar-refractivity contribution in [2.24, 2.45) is 5.92 Å². The van der Waals surface area contributed by atoms with Gasteiger partial charge in [-0.15, -0.1) is 0 Å². The second-order valence-corrected chi connectivity index (χ2v) is 7.21. The molecule has 19 heavy (non-hydrogen) atoms. The van der Waals surface area contributed by atoms with Crippen LogP contribution in [0, 0.1) is 5.92 Å². The quantitative estimate of drug-likeness (QED) is 0.757. The second kappa shape index (κ2) is 7.02. The van der Waals surface area contributed by atoms with Crippen molar-refractivity contribution in [2.45, 2.75) is 48.9 Å². The molecule has 1 aromatic rings. The maximum absolute atomic E-state index is 9.65. The number of nitrogens with one attached hydrogen (secondary N) is 1. The Kier molecular flexibility index (Phi) is 5.62. The Hall–Kier alpha value is -0.170. The molecule has 1 saturated carbocycles. The zero-order valence-electron chi connectivity index (χ0n) is 11.7. The van der Waals surface area contributed by atoms with Crippen molar-refractivity contribution in [1.82, 2.24) is 14.7 Å². The van der Waals surface area contributed by atoms with Crippen LogP contribution in [0.15, 0.2) is 4.34 Å². The lowest BCUT2D eigenvalue weighted by Crippen LogP contribution is -2.49. The lowest BCUT2D eigenvalue weighted by Gasteiger charge is -2.33.